The molecule has 0 unspecified atom stereocenters. The molecule has 3 N–H and O–H groups in total. The fourth-order valence-electron chi connectivity index (χ4n) is 2.63. The Kier molecular flexibility index (Phi) is 5.42. The highest BCUT2D eigenvalue weighted by Crippen LogP contribution is 2.22. The molecule has 1 fully saturated rings. The van der Waals surface area contributed by atoms with E-state index >= 15 is 0 Å². The molecular weight excluding hydrogens is 292 g/mol. The molecule has 2 rings (SSSR count). The number of carbonyl (C=O) groups excluding carboxylic acids is 2. The summed E-state index contributed by atoms with van der Waals surface area (Å²) < 4.78 is 5.21. The van der Waals surface area contributed by atoms with E-state index in [1.807, 2.05) is 12.1 Å². The smallest absolute Gasteiger partial charge is 0.240 e. The molecule has 1 aromatic carbocycles. The number of carbonyl (C=O) groups is 2. The van der Waals surface area contributed by atoms with Gasteiger partial charge in [0.05, 0.1) is 12.5 Å². The zero-order valence-corrected chi connectivity index (χ0v) is 14.1. The largest absolute Gasteiger partial charge is 0.381 e. The minimum atomic E-state index is -0.691. The normalized spacial score (nSPS) is 19.3. The lowest BCUT2D eigenvalue weighted by atomic mass is 9.86. The first-order chi connectivity index (χ1) is 10.8. The Morgan fingerprint density at radius 2 is 1.96 bits per heavy atom. The van der Waals surface area contributed by atoms with Gasteiger partial charge in [0.2, 0.25) is 11.8 Å². The number of ether oxygens (including phenoxy) is 1. The van der Waals surface area contributed by atoms with E-state index in [2.05, 4.69) is 38.2 Å². The maximum Gasteiger partial charge on any atom is 0.240 e. The van der Waals surface area contributed by atoms with E-state index < -0.39 is 11.9 Å². The first-order valence-electron chi connectivity index (χ1n) is 8.04. The lowest BCUT2D eigenvalue weighted by Crippen LogP contribution is -2.48. The summed E-state index contributed by atoms with van der Waals surface area (Å²) in [6, 6.07) is 7.39. The van der Waals surface area contributed by atoms with Gasteiger partial charge in [-0.3, -0.25) is 9.59 Å². The van der Waals surface area contributed by atoms with Crippen LogP contribution < -0.4 is 11.1 Å². The molecule has 5 heteroatoms. The highest BCUT2D eigenvalue weighted by Gasteiger charge is 2.27. The van der Waals surface area contributed by atoms with Crippen molar-refractivity contribution in [1.29, 1.82) is 0 Å². The zero-order chi connectivity index (χ0) is 17.0. The molecule has 0 aromatic heterocycles. The van der Waals surface area contributed by atoms with Gasteiger partial charge in [0.25, 0.3) is 0 Å². The molecule has 1 aliphatic heterocycles. The van der Waals surface area contributed by atoms with Crippen LogP contribution in [0.15, 0.2) is 24.3 Å². The highest BCUT2D eigenvalue weighted by atomic mass is 16.5. The summed E-state index contributed by atoms with van der Waals surface area (Å²) >= 11 is 0. The van der Waals surface area contributed by atoms with Crippen molar-refractivity contribution in [2.75, 3.05) is 13.2 Å². The minimum Gasteiger partial charge on any atom is -0.381 e. The second kappa shape index (κ2) is 7.13. The van der Waals surface area contributed by atoms with Crippen LogP contribution in [0.1, 0.15) is 38.3 Å². The van der Waals surface area contributed by atoms with Crippen molar-refractivity contribution >= 4 is 11.8 Å². The van der Waals surface area contributed by atoms with Gasteiger partial charge in [-0.25, -0.2) is 0 Å². The van der Waals surface area contributed by atoms with Gasteiger partial charge in [0, 0.05) is 13.0 Å². The fourth-order valence-corrected chi connectivity index (χ4v) is 2.63. The van der Waals surface area contributed by atoms with Crippen molar-refractivity contribution in [3.63, 3.8) is 0 Å². The van der Waals surface area contributed by atoms with Gasteiger partial charge in [-0.1, -0.05) is 45.0 Å². The molecule has 23 heavy (non-hydrogen) atoms. The summed E-state index contributed by atoms with van der Waals surface area (Å²) in [7, 11) is 0. The lowest BCUT2D eigenvalue weighted by molar-refractivity contribution is -0.129. The maximum atomic E-state index is 12.1. The number of benzene rings is 1. The molecule has 1 aliphatic rings. The first kappa shape index (κ1) is 17.5. The Balaban J connectivity index is 2.01. The molecule has 126 valence electrons. The predicted molar refractivity (Wildman–Crippen MR) is 88.9 cm³/mol. The van der Waals surface area contributed by atoms with Crippen LogP contribution in [-0.2, 0) is 26.2 Å². The molecule has 2 atom stereocenters. The third-order valence-electron chi connectivity index (χ3n) is 4.22. The van der Waals surface area contributed by atoms with E-state index in [1.54, 1.807) is 0 Å². The monoisotopic (exact) mass is 318 g/mol. The molecular formula is C18H26N2O3. The van der Waals surface area contributed by atoms with Gasteiger partial charge in [0.1, 0.15) is 6.04 Å². The van der Waals surface area contributed by atoms with Crippen molar-refractivity contribution < 1.29 is 14.3 Å². The standard InChI is InChI=1S/C18H26N2O3/c1-18(2,3)14-6-4-12(5-7-14)10-15(16(19)21)20-17(22)13-8-9-23-11-13/h4-7,13,15H,8-11H2,1-3H3,(H2,19,21)(H,20,22)/t13-,15-/m1/s1. The topological polar surface area (TPSA) is 81.4 Å². The SMILES string of the molecule is CC(C)(C)c1ccc(C[C@@H](NC(=O)[C@@H]2CCOC2)C(N)=O)cc1. The van der Waals surface area contributed by atoms with E-state index in [1.165, 1.54) is 5.56 Å². The number of nitrogens with two attached hydrogens (primary N) is 1. The van der Waals surface area contributed by atoms with E-state index in [-0.39, 0.29) is 17.2 Å². The van der Waals surface area contributed by atoms with Crippen LogP contribution in [0.3, 0.4) is 0 Å². The Bertz CT molecular complexity index is 555. The maximum absolute atomic E-state index is 12.1. The summed E-state index contributed by atoms with van der Waals surface area (Å²) in [5.41, 5.74) is 7.73. The van der Waals surface area contributed by atoms with Gasteiger partial charge in [0.15, 0.2) is 0 Å². The van der Waals surface area contributed by atoms with Crippen molar-refractivity contribution in [1.82, 2.24) is 5.32 Å². The Hall–Kier alpha value is -1.88. The molecule has 0 saturated carbocycles. The second-order valence-electron chi connectivity index (χ2n) is 7.18. The summed E-state index contributed by atoms with van der Waals surface area (Å²) in [6.07, 6.45) is 1.09. The molecule has 5 nitrogen and oxygen atoms in total. The summed E-state index contributed by atoms with van der Waals surface area (Å²) in [5.74, 6) is -0.852. The van der Waals surface area contributed by atoms with E-state index in [9.17, 15) is 9.59 Å². The zero-order valence-electron chi connectivity index (χ0n) is 14.1. The van der Waals surface area contributed by atoms with Crippen LogP contribution in [0, 0.1) is 5.92 Å². The van der Waals surface area contributed by atoms with Crippen molar-refractivity contribution in [2.45, 2.75) is 45.1 Å². The van der Waals surface area contributed by atoms with Crippen LogP contribution in [-0.4, -0.2) is 31.1 Å². The van der Waals surface area contributed by atoms with Crippen LogP contribution in [0.5, 0.6) is 0 Å². The number of primary amides is 1. The third-order valence-corrected chi connectivity index (χ3v) is 4.22. The highest BCUT2D eigenvalue weighted by molar-refractivity contribution is 5.87. The molecule has 0 aliphatic carbocycles. The van der Waals surface area contributed by atoms with E-state index in [0.717, 1.165) is 5.56 Å². The Labute approximate surface area is 137 Å². The van der Waals surface area contributed by atoms with Crippen LogP contribution >= 0.6 is 0 Å². The van der Waals surface area contributed by atoms with Gasteiger partial charge in [-0.2, -0.15) is 0 Å². The summed E-state index contributed by atoms with van der Waals surface area (Å²) in [6.45, 7) is 7.46. The Morgan fingerprint density at radius 1 is 1.30 bits per heavy atom. The molecule has 1 aromatic rings. The molecule has 0 bridgehead atoms. The van der Waals surface area contributed by atoms with Gasteiger partial charge in [-0.15, -0.1) is 0 Å². The molecule has 0 spiro atoms. The van der Waals surface area contributed by atoms with Crippen LogP contribution in [0.25, 0.3) is 0 Å². The van der Waals surface area contributed by atoms with Crippen molar-refractivity contribution in [2.24, 2.45) is 11.7 Å². The Morgan fingerprint density at radius 3 is 2.43 bits per heavy atom. The van der Waals surface area contributed by atoms with Crippen LogP contribution in [0.2, 0.25) is 0 Å². The van der Waals surface area contributed by atoms with Crippen molar-refractivity contribution in [3.05, 3.63) is 35.4 Å². The van der Waals surface area contributed by atoms with E-state index in [0.29, 0.717) is 26.1 Å². The number of rotatable bonds is 5. The minimum absolute atomic E-state index is 0.0817. The number of nitrogens with one attached hydrogen (secondary N) is 1. The number of amides is 2. The van der Waals surface area contributed by atoms with E-state index in [4.69, 9.17) is 10.5 Å². The molecule has 0 radical (unpaired) electrons. The average molecular weight is 318 g/mol. The lowest BCUT2D eigenvalue weighted by Gasteiger charge is -2.20. The van der Waals surface area contributed by atoms with Gasteiger partial charge in [-0.05, 0) is 23.0 Å². The van der Waals surface area contributed by atoms with Crippen molar-refractivity contribution in [3.8, 4) is 0 Å². The predicted octanol–water partition coefficient (Wildman–Crippen LogP) is 1.53. The van der Waals surface area contributed by atoms with Crippen LogP contribution in [0.4, 0.5) is 0 Å². The quantitative estimate of drug-likeness (QED) is 0.864. The number of hydrogen-bond donors (Lipinski definition) is 2. The summed E-state index contributed by atoms with van der Waals surface area (Å²) in [4.78, 5) is 23.8. The summed E-state index contributed by atoms with van der Waals surface area (Å²) in [5, 5.41) is 2.76. The molecule has 2 amide bonds. The third kappa shape index (κ3) is 4.79. The number of hydrogen-bond acceptors (Lipinski definition) is 3. The van der Waals surface area contributed by atoms with Gasteiger partial charge >= 0.3 is 0 Å². The molecule has 1 saturated heterocycles. The first-order valence-corrected chi connectivity index (χ1v) is 8.04. The van der Waals surface area contributed by atoms with Gasteiger partial charge < -0.3 is 15.8 Å². The fraction of sp³-hybridized carbons (Fsp3) is 0.556. The average Bonchev–Trinajstić information content (AvgIpc) is 3.00. The molecule has 1 heterocycles. The second-order valence-corrected chi connectivity index (χ2v) is 7.18.